The van der Waals surface area contributed by atoms with Crippen molar-refractivity contribution >= 4 is 27.6 Å². The molecule has 2 aromatic rings. The maximum Gasteiger partial charge on any atom is 0.324 e. The van der Waals surface area contributed by atoms with Crippen molar-refractivity contribution in [3.63, 3.8) is 0 Å². The Morgan fingerprint density at radius 3 is 2.27 bits per heavy atom. The van der Waals surface area contributed by atoms with Gasteiger partial charge < -0.3 is 14.8 Å². The molecule has 0 bridgehead atoms. The molecule has 0 aromatic heterocycles. The molecule has 0 saturated carbocycles. The minimum atomic E-state index is -3.92. The largest absolute Gasteiger partial charge is 0.492 e. The van der Waals surface area contributed by atoms with Crippen LogP contribution in [0.1, 0.15) is 20.8 Å². The monoisotopic (exact) mass is 434 g/mol. The van der Waals surface area contributed by atoms with Crippen molar-refractivity contribution in [2.45, 2.75) is 31.7 Å². The van der Waals surface area contributed by atoms with Crippen LogP contribution in [0.2, 0.25) is 0 Å². The highest BCUT2D eigenvalue weighted by atomic mass is 32.2. The van der Waals surface area contributed by atoms with Crippen LogP contribution in [0.25, 0.3) is 0 Å². The van der Waals surface area contributed by atoms with E-state index >= 15 is 0 Å². The van der Waals surface area contributed by atoms with Crippen LogP contribution in [-0.2, 0) is 24.3 Å². The minimum Gasteiger partial charge on any atom is -0.492 e. The van der Waals surface area contributed by atoms with Crippen molar-refractivity contribution in [2.75, 3.05) is 18.5 Å². The van der Waals surface area contributed by atoms with E-state index in [4.69, 9.17) is 9.47 Å². The van der Waals surface area contributed by atoms with Crippen molar-refractivity contribution in [2.24, 2.45) is 5.92 Å². The lowest BCUT2D eigenvalue weighted by Crippen LogP contribution is -2.45. The fourth-order valence-electron chi connectivity index (χ4n) is 2.56. The number of rotatable bonds is 10. The summed E-state index contributed by atoms with van der Waals surface area (Å²) in [7, 11) is -3.92. The molecule has 0 aliphatic carbocycles. The van der Waals surface area contributed by atoms with Crippen LogP contribution in [-0.4, -0.2) is 39.5 Å². The van der Waals surface area contributed by atoms with E-state index in [1.165, 1.54) is 12.1 Å². The Hall–Kier alpha value is -2.91. The van der Waals surface area contributed by atoms with E-state index < -0.39 is 40.5 Å². The third-order valence-electron chi connectivity index (χ3n) is 4.06. The first-order chi connectivity index (χ1) is 14.2. The first kappa shape index (κ1) is 23.4. The standard InChI is InChI=1S/C21H26N2O6S/c1-4-28-18-13-9-8-12-17(18)22-19(24)14-29-21(25)20(15(2)3)23-30(26,27)16-10-6-5-7-11-16/h5-13,15,20,23H,4,14H2,1-3H3,(H,22,24)/t20-/m1/s1. The second kappa shape index (κ2) is 10.7. The molecular formula is C21H26N2O6S. The maximum atomic E-state index is 12.5. The van der Waals surface area contributed by atoms with E-state index in [9.17, 15) is 18.0 Å². The summed E-state index contributed by atoms with van der Waals surface area (Å²) in [5, 5.41) is 2.61. The Bertz CT molecular complexity index is 960. The molecular weight excluding hydrogens is 408 g/mol. The van der Waals surface area contributed by atoms with Gasteiger partial charge in [0, 0.05) is 0 Å². The number of carbonyl (C=O) groups excluding carboxylic acids is 2. The summed E-state index contributed by atoms with van der Waals surface area (Å²) >= 11 is 0. The molecule has 8 nitrogen and oxygen atoms in total. The Balaban J connectivity index is 2.00. The van der Waals surface area contributed by atoms with E-state index in [0.29, 0.717) is 18.0 Å². The maximum absolute atomic E-state index is 12.5. The van der Waals surface area contributed by atoms with Gasteiger partial charge in [-0.2, -0.15) is 4.72 Å². The molecule has 1 amide bonds. The van der Waals surface area contributed by atoms with Gasteiger partial charge in [0.25, 0.3) is 5.91 Å². The van der Waals surface area contributed by atoms with Crippen LogP contribution >= 0.6 is 0 Å². The van der Waals surface area contributed by atoms with Crippen molar-refractivity contribution in [3.05, 3.63) is 54.6 Å². The van der Waals surface area contributed by atoms with Crippen LogP contribution in [0, 0.1) is 5.92 Å². The molecule has 0 aliphatic heterocycles. The van der Waals surface area contributed by atoms with Crippen LogP contribution in [0.15, 0.2) is 59.5 Å². The summed E-state index contributed by atoms with van der Waals surface area (Å²) in [5.41, 5.74) is 0.450. The smallest absolute Gasteiger partial charge is 0.324 e. The van der Waals surface area contributed by atoms with Crippen LogP contribution in [0.4, 0.5) is 5.69 Å². The van der Waals surface area contributed by atoms with Gasteiger partial charge in [-0.1, -0.05) is 44.2 Å². The van der Waals surface area contributed by atoms with Gasteiger partial charge in [-0.3, -0.25) is 9.59 Å². The number of nitrogens with one attached hydrogen (secondary N) is 2. The fraction of sp³-hybridized carbons (Fsp3) is 0.333. The lowest BCUT2D eigenvalue weighted by molar-refractivity contribution is -0.150. The van der Waals surface area contributed by atoms with Gasteiger partial charge in [-0.15, -0.1) is 0 Å². The van der Waals surface area contributed by atoms with Crippen LogP contribution < -0.4 is 14.8 Å². The Morgan fingerprint density at radius 1 is 1.00 bits per heavy atom. The number of ether oxygens (including phenoxy) is 2. The highest BCUT2D eigenvalue weighted by molar-refractivity contribution is 7.89. The van der Waals surface area contributed by atoms with Gasteiger partial charge in [-0.05, 0) is 37.1 Å². The lowest BCUT2D eigenvalue weighted by atomic mass is 10.1. The predicted molar refractivity (Wildman–Crippen MR) is 113 cm³/mol. The van der Waals surface area contributed by atoms with E-state index in [2.05, 4.69) is 10.0 Å². The second-order valence-corrected chi connectivity index (χ2v) is 8.46. The van der Waals surface area contributed by atoms with Crippen molar-refractivity contribution in [3.8, 4) is 5.75 Å². The molecule has 30 heavy (non-hydrogen) atoms. The Labute approximate surface area is 176 Å². The molecule has 0 unspecified atom stereocenters. The molecule has 0 heterocycles. The summed E-state index contributed by atoms with van der Waals surface area (Å²) in [6.45, 7) is 5.05. The Morgan fingerprint density at radius 2 is 1.63 bits per heavy atom. The number of anilines is 1. The number of hydrogen-bond acceptors (Lipinski definition) is 6. The molecule has 0 saturated heterocycles. The molecule has 0 fully saturated rings. The first-order valence-electron chi connectivity index (χ1n) is 9.50. The zero-order chi connectivity index (χ0) is 22.1. The molecule has 2 N–H and O–H groups in total. The normalized spacial score (nSPS) is 12.3. The lowest BCUT2D eigenvalue weighted by Gasteiger charge is -2.20. The van der Waals surface area contributed by atoms with Gasteiger partial charge in [0.05, 0.1) is 17.2 Å². The average molecular weight is 435 g/mol. The van der Waals surface area contributed by atoms with Gasteiger partial charge in [-0.25, -0.2) is 8.42 Å². The number of amides is 1. The summed E-state index contributed by atoms with van der Waals surface area (Å²) in [6.07, 6.45) is 0. The van der Waals surface area contributed by atoms with Crippen LogP contribution in [0.3, 0.4) is 0 Å². The quantitative estimate of drug-likeness (QED) is 0.556. The molecule has 9 heteroatoms. The van der Waals surface area contributed by atoms with E-state index in [-0.39, 0.29) is 4.90 Å². The molecule has 2 aromatic carbocycles. The minimum absolute atomic E-state index is 0.0359. The predicted octanol–water partition coefficient (Wildman–Crippen LogP) is 2.57. The summed E-state index contributed by atoms with van der Waals surface area (Å²) in [4.78, 5) is 24.7. The number of carbonyl (C=O) groups is 2. The van der Waals surface area contributed by atoms with E-state index in [1.807, 2.05) is 6.92 Å². The van der Waals surface area contributed by atoms with Crippen molar-refractivity contribution < 1.29 is 27.5 Å². The first-order valence-corrected chi connectivity index (χ1v) is 11.0. The Kier molecular flexibility index (Phi) is 8.37. The third kappa shape index (κ3) is 6.57. The number of sulfonamides is 1. The van der Waals surface area contributed by atoms with Crippen molar-refractivity contribution in [1.82, 2.24) is 4.72 Å². The highest BCUT2D eigenvalue weighted by Gasteiger charge is 2.30. The van der Waals surface area contributed by atoms with Crippen LogP contribution in [0.5, 0.6) is 5.75 Å². The SMILES string of the molecule is CCOc1ccccc1NC(=O)COC(=O)[C@H](NS(=O)(=O)c1ccccc1)C(C)C. The second-order valence-electron chi connectivity index (χ2n) is 6.74. The summed E-state index contributed by atoms with van der Waals surface area (Å²) in [5.74, 6) is -1.30. The van der Waals surface area contributed by atoms with Crippen molar-refractivity contribution in [1.29, 1.82) is 0 Å². The average Bonchev–Trinajstić information content (AvgIpc) is 2.72. The van der Waals surface area contributed by atoms with Gasteiger partial charge in [0.1, 0.15) is 11.8 Å². The molecule has 0 spiro atoms. The number of benzene rings is 2. The summed E-state index contributed by atoms with van der Waals surface area (Å²) < 4.78 is 37.9. The molecule has 162 valence electrons. The molecule has 2 rings (SSSR count). The molecule has 0 radical (unpaired) electrons. The van der Waals surface area contributed by atoms with E-state index in [1.54, 1.807) is 56.3 Å². The number of para-hydroxylation sites is 2. The fourth-order valence-corrected chi connectivity index (χ4v) is 3.91. The number of hydrogen-bond donors (Lipinski definition) is 2. The molecule has 1 atom stereocenters. The van der Waals surface area contributed by atoms with Gasteiger partial charge >= 0.3 is 5.97 Å². The topological polar surface area (TPSA) is 111 Å². The van der Waals surface area contributed by atoms with Gasteiger partial charge in [0.2, 0.25) is 10.0 Å². The number of esters is 1. The van der Waals surface area contributed by atoms with E-state index in [0.717, 1.165) is 0 Å². The van der Waals surface area contributed by atoms with Gasteiger partial charge in [0.15, 0.2) is 6.61 Å². The zero-order valence-corrected chi connectivity index (χ0v) is 17.9. The zero-order valence-electron chi connectivity index (χ0n) is 17.1. The third-order valence-corrected chi connectivity index (χ3v) is 5.52. The molecule has 0 aliphatic rings. The highest BCUT2D eigenvalue weighted by Crippen LogP contribution is 2.23. The summed E-state index contributed by atoms with van der Waals surface area (Å²) in [6, 6.07) is 13.4.